The van der Waals surface area contributed by atoms with Crippen LogP contribution in [0.5, 0.6) is 0 Å². The number of para-hydroxylation sites is 2. The number of anilines is 1. The Balaban J connectivity index is 1.56. The first kappa shape index (κ1) is 18.7. The highest BCUT2D eigenvalue weighted by atomic mass is 32.2. The van der Waals surface area contributed by atoms with Crippen molar-refractivity contribution in [2.75, 3.05) is 11.1 Å². The molecule has 4 rings (SSSR count). The second kappa shape index (κ2) is 8.54. The first-order valence-electron chi connectivity index (χ1n) is 9.06. The SMILES string of the molecule is CCc1ccccc1NC(=O)CSc1nc(-c2cccs2)nc2ccccc12. The number of hydrogen-bond acceptors (Lipinski definition) is 5. The number of thiophene rings is 1. The molecule has 0 saturated heterocycles. The van der Waals surface area contributed by atoms with Crippen LogP contribution in [0.25, 0.3) is 21.6 Å². The number of carbonyl (C=O) groups is 1. The van der Waals surface area contributed by atoms with E-state index in [1.54, 1.807) is 11.3 Å². The van der Waals surface area contributed by atoms with Crippen molar-refractivity contribution in [3.8, 4) is 10.7 Å². The van der Waals surface area contributed by atoms with Gasteiger partial charge in [0.15, 0.2) is 5.82 Å². The number of rotatable bonds is 6. The zero-order chi connectivity index (χ0) is 19.3. The summed E-state index contributed by atoms with van der Waals surface area (Å²) in [6.07, 6.45) is 0.879. The van der Waals surface area contributed by atoms with Gasteiger partial charge in [0.1, 0.15) is 5.03 Å². The van der Waals surface area contributed by atoms with Crippen LogP contribution in [0, 0.1) is 0 Å². The van der Waals surface area contributed by atoms with Crippen LogP contribution in [-0.2, 0) is 11.2 Å². The van der Waals surface area contributed by atoms with Crippen LogP contribution in [-0.4, -0.2) is 21.6 Å². The third-order valence-electron chi connectivity index (χ3n) is 4.32. The summed E-state index contributed by atoms with van der Waals surface area (Å²) in [4.78, 5) is 23.0. The molecule has 0 fully saturated rings. The predicted octanol–water partition coefficient (Wildman–Crippen LogP) is 5.65. The van der Waals surface area contributed by atoms with Gasteiger partial charge < -0.3 is 5.32 Å². The highest BCUT2D eigenvalue weighted by Gasteiger charge is 2.13. The molecule has 0 aliphatic rings. The van der Waals surface area contributed by atoms with E-state index < -0.39 is 0 Å². The highest BCUT2D eigenvalue weighted by Crippen LogP contribution is 2.30. The molecule has 0 aliphatic heterocycles. The minimum Gasteiger partial charge on any atom is -0.325 e. The molecule has 0 spiro atoms. The maximum atomic E-state index is 12.5. The Labute approximate surface area is 172 Å². The second-order valence-corrected chi connectivity index (χ2v) is 8.11. The van der Waals surface area contributed by atoms with E-state index in [1.807, 2.05) is 66.0 Å². The molecule has 2 heterocycles. The standard InChI is InChI=1S/C22H19N3OS2/c1-2-15-8-3-5-10-17(15)23-20(26)14-28-22-16-9-4-6-11-18(16)24-21(25-22)19-12-7-13-27-19/h3-13H,2,14H2,1H3,(H,23,26). The zero-order valence-corrected chi connectivity index (χ0v) is 17.0. The smallest absolute Gasteiger partial charge is 0.234 e. The summed E-state index contributed by atoms with van der Waals surface area (Å²) in [7, 11) is 0. The molecule has 0 radical (unpaired) electrons. The minimum absolute atomic E-state index is 0.0359. The molecule has 2 aromatic carbocycles. The Kier molecular flexibility index (Phi) is 5.69. The van der Waals surface area contributed by atoms with Gasteiger partial charge in [0.25, 0.3) is 0 Å². The maximum Gasteiger partial charge on any atom is 0.234 e. The lowest BCUT2D eigenvalue weighted by Crippen LogP contribution is -2.15. The van der Waals surface area contributed by atoms with Gasteiger partial charge in [-0.05, 0) is 35.6 Å². The number of nitrogens with one attached hydrogen (secondary N) is 1. The van der Waals surface area contributed by atoms with Gasteiger partial charge in [0, 0.05) is 11.1 Å². The van der Waals surface area contributed by atoms with E-state index in [0.29, 0.717) is 11.6 Å². The van der Waals surface area contributed by atoms with Gasteiger partial charge in [-0.2, -0.15) is 0 Å². The van der Waals surface area contributed by atoms with Gasteiger partial charge in [-0.25, -0.2) is 9.97 Å². The maximum absolute atomic E-state index is 12.5. The number of carbonyl (C=O) groups excluding carboxylic acids is 1. The molecule has 140 valence electrons. The Hall–Kier alpha value is -2.70. The fourth-order valence-electron chi connectivity index (χ4n) is 2.94. The molecule has 0 saturated carbocycles. The van der Waals surface area contributed by atoms with Crippen molar-refractivity contribution >= 4 is 45.6 Å². The zero-order valence-electron chi connectivity index (χ0n) is 15.4. The van der Waals surface area contributed by atoms with E-state index in [-0.39, 0.29) is 5.91 Å². The fraction of sp³-hybridized carbons (Fsp3) is 0.136. The highest BCUT2D eigenvalue weighted by molar-refractivity contribution is 8.00. The number of aryl methyl sites for hydroxylation is 1. The molecule has 0 unspecified atom stereocenters. The normalized spacial score (nSPS) is 10.9. The van der Waals surface area contributed by atoms with Gasteiger partial charge in [-0.1, -0.05) is 61.2 Å². The van der Waals surface area contributed by atoms with Crippen LogP contribution in [0.15, 0.2) is 71.1 Å². The monoisotopic (exact) mass is 405 g/mol. The largest absolute Gasteiger partial charge is 0.325 e. The molecular formula is C22H19N3OS2. The minimum atomic E-state index is -0.0359. The molecule has 0 atom stereocenters. The van der Waals surface area contributed by atoms with Gasteiger partial charge >= 0.3 is 0 Å². The van der Waals surface area contributed by atoms with Crippen molar-refractivity contribution < 1.29 is 4.79 Å². The van der Waals surface area contributed by atoms with E-state index in [4.69, 9.17) is 4.98 Å². The van der Waals surface area contributed by atoms with Crippen molar-refractivity contribution in [3.05, 3.63) is 71.6 Å². The lowest BCUT2D eigenvalue weighted by atomic mass is 10.1. The summed E-state index contributed by atoms with van der Waals surface area (Å²) in [6, 6.07) is 19.8. The molecule has 1 N–H and O–H groups in total. The van der Waals surface area contributed by atoms with Crippen LogP contribution < -0.4 is 5.32 Å². The average Bonchev–Trinajstić information content (AvgIpc) is 3.27. The van der Waals surface area contributed by atoms with Crippen LogP contribution in [0.2, 0.25) is 0 Å². The number of amides is 1. The van der Waals surface area contributed by atoms with E-state index in [2.05, 4.69) is 17.2 Å². The summed E-state index contributed by atoms with van der Waals surface area (Å²) in [5.74, 6) is 0.961. The van der Waals surface area contributed by atoms with Crippen molar-refractivity contribution in [2.45, 2.75) is 18.4 Å². The fourth-order valence-corrected chi connectivity index (χ4v) is 4.42. The molecule has 0 aliphatic carbocycles. The topological polar surface area (TPSA) is 54.9 Å². The van der Waals surface area contributed by atoms with Crippen LogP contribution >= 0.6 is 23.1 Å². The second-order valence-electron chi connectivity index (χ2n) is 6.19. The Morgan fingerprint density at radius 3 is 2.68 bits per heavy atom. The summed E-state index contributed by atoms with van der Waals surface area (Å²) in [5, 5.41) is 6.83. The lowest BCUT2D eigenvalue weighted by molar-refractivity contribution is -0.113. The first-order chi connectivity index (χ1) is 13.7. The number of fused-ring (bicyclic) bond motifs is 1. The predicted molar refractivity (Wildman–Crippen MR) is 118 cm³/mol. The van der Waals surface area contributed by atoms with E-state index in [0.717, 1.165) is 38.5 Å². The Morgan fingerprint density at radius 2 is 1.86 bits per heavy atom. The summed E-state index contributed by atoms with van der Waals surface area (Å²) >= 11 is 3.05. The molecule has 0 bridgehead atoms. The molecule has 6 heteroatoms. The summed E-state index contributed by atoms with van der Waals surface area (Å²) in [5.41, 5.74) is 2.90. The van der Waals surface area contributed by atoms with Crippen molar-refractivity contribution in [2.24, 2.45) is 0 Å². The van der Waals surface area contributed by atoms with Crippen LogP contribution in [0.4, 0.5) is 5.69 Å². The van der Waals surface area contributed by atoms with Gasteiger partial charge in [-0.15, -0.1) is 11.3 Å². The van der Waals surface area contributed by atoms with Gasteiger partial charge in [0.2, 0.25) is 5.91 Å². The Bertz CT molecular complexity index is 1110. The summed E-state index contributed by atoms with van der Waals surface area (Å²) < 4.78 is 0. The number of thioether (sulfide) groups is 1. The Morgan fingerprint density at radius 1 is 1.04 bits per heavy atom. The third kappa shape index (κ3) is 4.08. The van der Waals surface area contributed by atoms with Crippen molar-refractivity contribution in [1.29, 1.82) is 0 Å². The summed E-state index contributed by atoms with van der Waals surface area (Å²) in [6.45, 7) is 2.08. The van der Waals surface area contributed by atoms with Crippen molar-refractivity contribution in [1.82, 2.24) is 9.97 Å². The third-order valence-corrected chi connectivity index (χ3v) is 6.18. The molecule has 28 heavy (non-hydrogen) atoms. The van der Waals surface area contributed by atoms with E-state index in [1.165, 1.54) is 11.8 Å². The van der Waals surface area contributed by atoms with E-state index in [9.17, 15) is 4.79 Å². The number of hydrogen-bond donors (Lipinski definition) is 1. The molecule has 2 aromatic heterocycles. The van der Waals surface area contributed by atoms with E-state index >= 15 is 0 Å². The number of benzene rings is 2. The average molecular weight is 406 g/mol. The molecule has 1 amide bonds. The lowest BCUT2D eigenvalue weighted by Gasteiger charge is -2.10. The van der Waals surface area contributed by atoms with Gasteiger partial charge in [0.05, 0.1) is 16.1 Å². The van der Waals surface area contributed by atoms with Gasteiger partial charge in [-0.3, -0.25) is 4.79 Å². The first-order valence-corrected chi connectivity index (χ1v) is 10.9. The van der Waals surface area contributed by atoms with Crippen LogP contribution in [0.3, 0.4) is 0 Å². The molecular weight excluding hydrogens is 386 g/mol. The van der Waals surface area contributed by atoms with Crippen molar-refractivity contribution in [3.63, 3.8) is 0 Å². The quantitative estimate of drug-likeness (QED) is 0.333. The van der Waals surface area contributed by atoms with Crippen LogP contribution in [0.1, 0.15) is 12.5 Å². The number of aromatic nitrogens is 2. The number of nitrogens with zero attached hydrogens (tertiary/aromatic N) is 2. The molecule has 4 aromatic rings. The molecule has 4 nitrogen and oxygen atoms in total.